The molecule has 0 bridgehead atoms. The van der Waals surface area contributed by atoms with Crippen molar-refractivity contribution in [3.8, 4) is 0 Å². The molecule has 3 aromatic carbocycles. The van der Waals surface area contributed by atoms with Gasteiger partial charge in [0.1, 0.15) is 5.82 Å². The Bertz CT molecular complexity index is 1290. The second-order valence-corrected chi connectivity index (χ2v) is 8.05. The number of nitrogens with one attached hydrogen (secondary N) is 3. The summed E-state index contributed by atoms with van der Waals surface area (Å²) in [6, 6.07) is 19.2. The first kappa shape index (κ1) is 21.3. The summed E-state index contributed by atoms with van der Waals surface area (Å²) in [7, 11) is 0. The lowest BCUT2D eigenvalue weighted by Crippen LogP contribution is -2.11. The summed E-state index contributed by atoms with van der Waals surface area (Å²) in [6.45, 7) is 5.57. The van der Waals surface area contributed by atoms with Crippen LogP contribution < -0.4 is 10.6 Å². The number of imidazole rings is 1. The summed E-state index contributed by atoms with van der Waals surface area (Å²) in [5, 5.41) is 5.73. The molecule has 162 valence electrons. The topological polar surface area (TPSA) is 86.9 Å². The van der Waals surface area contributed by atoms with E-state index in [9.17, 15) is 9.59 Å². The number of carbonyl (C=O) groups excluding carboxylic acids is 2. The Morgan fingerprint density at radius 1 is 0.844 bits per heavy atom. The maximum Gasteiger partial charge on any atom is 0.255 e. The number of aryl methyl sites for hydroxylation is 4. The average Bonchev–Trinajstić information content (AvgIpc) is 3.17. The first-order chi connectivity index (χ1) is 15.4. The molecule has 0 spiro atoms. The maximum atomic E-state index is 12.7. The van der Waals surface area contributed by atoms with Crippen molar-refractivity contribution in [2.45, 2.75) is 33.6 Å². The third kappa shape index (κ3) is 5.03. The number of amides is 2. The number of benzene rings is 3. The van der Waals surface area contributed by atoms with Crippen molar-refractivity contribution in [2.75, 3.05) is 10.6 Å². The van der Waals surface area contributed by atoms with Gasteiger partial charge in [0.05, 0.1) is 11.0 Å². The molecule has 0 saturated carbocycles. The lowest BCUT2D eigenvalue weighted by molar-refractivity contribution is -0.114. The van der Waals surface area contributed by atoms with E-state index in [1.807, 2.05) is 68.4 Å². The smallest absolute Gasteiger partial charge is 0.255 e. The van der Waals surface area contributed by atoms with Crippen molar-refractivity contribution >= 4 is 34.2 Å². The van der Waals surface area contributed by atoms with E-state index in [0.717, 1.165) is 52.2 Å². The Morgan fingerprint density at radius 3 is 2.31 bits per heavy atom. The maximum absolute atomic E-state index is 12.7. The summed E-state index contributed by atoms with van der Waals surface area (Å²) >= 11 is 0. The first-order valence-corrected chi connectivity index (χ1v) is 10.6. The number of carbonyl (C=O) groups is 2. The van der Waals surface area contributed by atoms with Crippen molar-refractivity contribution in [3.63, 3.8) is 0 Å². The lowest BCUT2D eigenvalue weighted by atomic mass is 10.1. The second-order valence-electron chi connectivity index (χ2n) is 8.05. The zero-order valence-corrected chi connectivity index (χ0v) is 18.5. The zero-order chi connectivity index (χ0) is 22.7. The van der Waals surface area contributed by atoms with Crippen molar-refractivity contribution in [2.24, 2.45) is 0 Å². The van der Waals surface area contributed by atoms with Gasteiger partial charge < -0.3 is 15.6 Å². The van der Waals surface area contributed by atoms with Gasteiger partial charge in [0.15, 0.2) is 0 Å². The number of anilines is 2. The zero-order valence-electron chi connectivity index (χ0n) is 18.5. The van der Waals surface area contributed by atoms with Gasteiger partial charge in [-0.3, -0.25) is 9.59 Å². The largest absolute Gasteiger partial charge is 0.342 e. The molecular weight excluding hydrogens is 400 g/mol. The molecule has 32 heavy (non-hydrogen) atoms. The van der Waals surface area contributed by atoms with E-state index in [1.165, 1.54) is 12.5 Å². The quantitative estimate of drug-likeness (QED) is 0.397. The van der Waals surface area contributed by atoms with Crippen LogP contribution in [-0.4, -0.2) is 21.8 Å². The number of fused-ring (bicyclic) bond motifs is 1. The van der Waals surface area contributed by atoms with Gasteiger partial charge in [0, 0.05) is 30.3 Å². The molecule has 0 aliphatic heterocycles. The number of aromatic amines is 1. The van der Waals surface area contributed by atoms with E-state index in [0.29, 0.717) is 5.56 Å². The van der Waals surface area contributed by atoms with Gasteiger partial charge >= 0.3 is 0 Å². The second kappa shape index (κ2) is 9.06. The molecule has 0 saturated heterocycles. The highest BCUT2D eigenvalue weighted by Crippen LogP contribution is 2.19. The number of hydrogen-bond acceptors (Lipinski definition) is 3. The first-order valence-electron chi connectivity index (χ1n) is 10.6. The van der Waals surface area contributed by atoms with Crippen LogP contribution in [0.5, 0.6) is 0 Å². The van der Waals surface area contributed by atoms with Crippen molar-refractivity contribution in [3.05, 3.63) is 88.7 Å². The molecule has 1 heterocycles. The minimum Gasteiger partial charge on any atom is -0.342 e. The van der Waals surface area contributed by atoms with Crippen LogP contribution in [0.2, 0.25) is 0 Å². The van der Waals surface area contributed by atoms with E-state index in [-0.39, 0.29) is 11.8 Å². The summed E-state index contributed by atoms with van der Waals surface area (Å²) in [6.07, 6.45) is 1.57. The SMILES string of the molecule is CC(=O)Nc1ccc(CCc2nc3ccc(C(=O)Nc4ccc(C)c(C)c4)cc3[nH]2)cc1. The van der Waals surface area contributed by atoms with Gasteiger partial charge in [-0.25, -0.2) is 4.98 Å². The number of rotatable bonds is 6. The summed E-state index contributed by atoms with van der Waals surface area (Å²) in [4.78, 5) is 31.8. The molecule has 6 heteroatoms. The summed E-state index contributed by atoms with van der Waals surface area (Å²) < 4.78 is 0. The van der Waals surface area contributed by atoms with Gasteiger partial charge in [-0.15, -0.1) is 0 Å². The molecule has 0 aliphatic carbocycles. The Kier molecular flexibility index (Phi) is 6.03. The van der Waals surface area contributed by atoms with E-state index < -0.39 is 0 Å². The van der Waals surface area contributed by atoms with Crippen LogP contribution in [-0.2, 0) is 17.6 Å². The molecular formula is C26H26N4O2. The molecule has 0 aliphatic rings. The standard InChI is InChI=1S/C26H26N4O2/c1-16-4-9-22(14-17(16)2)28-26(32)20-8-12-23-24(15-20)30-25(29-23)13-7-19-5-10-21(11-6-19)27-18(3)31/h4-6,8-12,14-15H,7,13H2,1-3H3,(H,27,31)(H,28,32)(H,29,30). The van der Waals surface area contributed by atoms with E-state index in [4.69, 9.17) is 0 Å². The number of nitrogens with zero attached hydrogens (tertiary/aromatic N) is 1. The fourth-order valence-electron chi connectivity index (χ4n) is 3.57. The monoisotopic (exact) mass is 426 g/mol. The normalized spacial score (nSPS) is 10.8. The van der Waals surface area contributed by atoms with Gasteiger partial charge in [0.2, 0.25) is 5.91 Å². The molecule has 6 nitrogen and oxygen atoms in total. The van der Waals surface area contributed by atoms with Gasteiger partial charge in [-0.1, -0.05) is 18.2 Å². The number of H-pyrrole nitrogens is 1. The molecule has 0 radical (unpaired) electrons. The Morgan fingerprint density at radius 2 is 1.59 bits per heavy atom. The molecule has 4 rings (SSSR count). The van der Waals surface area contributed by atoms with Crippen molar-refractivity contribution in [1.29, 1.82) is 0 Å². The molecule has 0 atom stereocenters. The predicted molar refractivity (Wildman–Crippen MR) is 128 cm³/mol. The average molecular weight is 427 g/mol. The molecule has 2 amide bonds. The fourth-order valence-corrected chi connectivity index (χ4v) is 3.57. The summed E-state index contributed by atoms with van der Waals surface area (Å²) in [5.74, 6) is 0.644. The van der Waals surface area contributed by atoms with E-state index in [1.54, 1.807) is 6.07 Å². The van der Waals surface area contributed by atoms with E-state index in [2.05, 4.69) is 20.6 Å². The van der Waals surface area contributed by atoms with E-state index >= 15 is 0 Å². The van der Waals surface area contributed by atoms with Crippen LogP contribution in [0.25, 0.3) is 11.0 Å². The third-order valence-corrected chi connectivity index (χ3v) is 5.48. The Hall–Kier alpha value is -3.93. The highest BCUT2D eigenvalue weighted by Gasteiger charge is 2.10. The predicted octanol–water partition coefficient (Wildman–Crippen LogP) is 5.18. The Labute approximate surface area is 187 Å². The Balaban J connectivity index is 1.42. The molecule has 4 aromatic rings. The molecule has 1 aromatic heterocycles. The van der Waals surface area contributed by atoms with Crippen LogP contribution >= 0.6 is 0 Å². The van der Waals surface area contributed by atoms with Gasteiger partial charge in [0.25, 0.3) is 5.91 Å². The number of hydrogen-bond donors (Lipinski definition) is 3. The third-order valence-electron chi connectivity index (χ3n) is 5.48. The van der Waals surface area contributed by atoms with Crippen molar-refractivity contribution < 1.29 is 9.59 Å². The fraction of sp³-hybridized carbons (Fsp3) is 0.192. The molecule has 0 fully saturated rings. The highest BCUT2D eigenvalue weighted by atomic mass is 16.2. The van der Waals surface area contributed by atoms with Crippen LogP contribution in [0.4, 0.5) is 11.4 Å². The summed E-state index contributed by atoms with van der Waals surface area (Å²) in [5.41, 5.74) is 7.33. The minimum absolute atomic E-state index is 0.0814. The highest BCUT2D eigenvalue weighted by molar-refractivity contribution is 6.06. The van der Waals surface area contributed by atoms with Crippen LogP contribution in [0.15, 0.2) is 60.7 Å². The lowest BCUT2D eigenvalue weighted by Gasteiger charge is -2.07. The molecule has 0 unspecified atom stereocenters. The van der Waals surface area contributed by atoms with Crippen molar-refractivity contribution in [1.82, 2.24) is 9.97 Å². The van der Waals surface area contributed by atoms with Gasteiger partial charge in [-0.05, 0) is 79.4 Å². The molecule has 3 N–H and O–H groups in total. The van der Waals surface area contributed by atoms with Gasteiger partial charge in [-0.2, -0.15) is 0 Å². The minimum atomic E-state index is -0.148. The van der Waals surface area contributed by atoms with Crippen LogP contribution in [0, 0.1) is 13.8 Å². The van der Waals surface area contributed by atoms with Crippen LogP contribution in [0.3, 0.4) is 0 Å². The van der Waals surface area contributed by atoms with Crippen LogP contribution in [0.1, 0.15) is 39.8 Å². The number of aromatic nitrogens is 2.